The molecule has 0 fully saturated rings. The molecule has 28 heavy (non-hydrogen) atoms. The van der Waals surface area contributed by atoms with Gasteiger partial charge in [0.15, 0.2) is 0 Å². The van der Waals surface area contributed by atoms with Crippen molar-refractivity contribution in [3.05, 3.63) is 53.1 Å². The molecule has 1 N–H and O–H groups in total. The zero-order valence-corrected chi connectivity index (χ0v) is 19.1. The van der Waals surface area contributed by atoms with Gasteiger partial charge in [-0.1, -0.05) is 41.8 Å². The quantitative estimate of drug-likeness (QED) is 0.205. The van der Waals surface area contributed by atoms with Gasteiger partial charge in [-0.2, -0.15) is 0 Å². The first-order chi connectivity index (χ1) is 13.2. The van der Waals surface area contributed by atoms with Crippen LogP contribution in [0.5, 0.6) is 0 Å². The Hall–Kier alpha value is -1.52. The number of aliphatic hydroxyl groups is 1. The van der Waals surface area contributed by atoms with Crippen molar-refractivity contribution in [1.82, 2.24) is 0 Å². The van der Waals surface area contributed by atoms with Gasteiger partial charge in [-0.05, 0) is 71.9 Å². The molecule has 156 valence electrons. The van der Waals surface area contributed by atoms with Crippen molar-refractivity contribution in [2.24, 2.45) is 0 Å². The molecule has 4 heteroatoms. The summed E-state index contributed by atoms with van der Waals surface area (Å²) in [6.45, 7) is 10.4. The number of aryl methyl sites for hydroxylation is 1. The molecular weight excluding hydrogens is 368 g/mol. The van der Waals surface area contributed by atoms with Gasteiger partial charge in [-0.15, -0.1) is 11.8 Å². The van der Waals surface area contributed by atoms with E-state index in [4.69, 9.17) is 0 Å². The van der Waals surface area contributed by atoms with Gasteiger partial charge in [0.1, 0.15) is 0 Å². The molecule has 0 aliphatic carbocycles. The predicted octanol–water partition coefficient (Wildman–Crippen LogP) is 6.24. The topological polar surface area (TPSA) is 46.5 Å². The first-order valence-corrected chi connectivity index (χ1v) is 10.9. The van der Waals surface area contributed by atoms with E-state index in [0.717, 1.165) is 37.7 Å². The number of carbonyl (C=O) groups excluding carboxylic acids is 1. The fourth-order valence-electron chi connectivity index (χ4n) is 2.90. The van der Waals surface area contributed by atoms with Crippen molar-refractivity contribution in [2.45, 2.75) is 82.5 Å². The van der Waals surface area contributed by atoms with Gasteiger partial charge < -0.3 is 9.84 Å². The Balaban J connectivity index is 2.55. The summed E-state index contributed by atoms with van der Waals surface area (Å²) in [5.74, 6) is -0.300. The number of aliphatic hydroxyl groups excluding tert-OH is 1. The van der Waals surface area contributed by atoms with Crippen molar-refractivity contribution in [1.29, 1.82) is 0 Å². The second-order valence-electron chi connectivity index (χ2n) is 7.74. The fraction of sp³-hybridized carbons (Fsp3) is 0.542. The van der Waals surface area contributed by atoms with Crippen molar-refractivity contribution in [3.8, 4) is 0 Å². The number of rotatable bonds is 11. The van der Waals surface area contributed by atoms with E-state index in [-0.39, 0.29) is 16.8 Å². The van der Waals surface area contributed by atoms with E-state index >= 15 is 0 Å². The lowest BCUT2D eigenvalue weighted by Gasteiger charge is -2.33. The number of thioether (sulfide) groups is 1. The molecule has 0 amide bonds. The van der Waals surface area contributed by atoms with Gasteiger partial charge in [0.25, 0.3) is 0 Å². The number of hydrogen-bond donors (Lipinski definition) is 1. The Bertz CT molecular complexity index is 676. The standard InChI is InChI=1S/C24H36O3S/c1-7-24(5,28-21-14-11-19(3)12-15-21)22(25)16-13-18(2)9-8-10-20(4)17-23(26)27-6/h9,11-12,14-15,17,22,25H,7-8,10,13,16H2,1-6H3/b18-9+,20-17-/t22-,24-/m1/s1. The van der Waals surface area contributed by atoms with Crippen molar-refractivity contribution in [2.75, 3.05) is 7.11 Å². The average molecular weight is 405 g/mol. The largest absolute Gasteiger partial charge is 0.466 e. The minimum atomic E-state index is -0.367. The number of benzene rings is 1. The SMILES string of the molecule is CC[C@@](C)(Sc1ccc(C)cc1)[C@H](O)CC/C(C)=C/CC/C(C)=C\C(=O)OC. The Morgan fingerprint density at radius 1 is 1.21 bits per heavy atom. The first kappa shape index (κ1) is 24.5. The van der Waals surface area contributed by atoms with E-state index in [1.54, 1.807) is 17.8 Å². The number of methoxy groups -OCH3 is 1. The maximum absolute atomic E-state index is 11.2. The monoisotopic (exact) mass is 404 g/mol. The van der Waals surface area contributed by atoms with E-state index in [2.05, 4.69) is 62.8 Å². The summed E-state index contributed by atoms with van der Waals surface area (Å²) >= 11 is 1.77. The third-order valence-corrected chi connectivity index (χ3v) is 6.72. The Morgan fingerprint density at radius 2 is 1.86 bits per heavy atom. The minimum Gasteiger partial charge on any atom is -0.466 e. The summed E-state index contributed by atoms with van der Waals surface area (Å²) in [5, 5.41) is 10.9. The molecule has 0 spiro atoms. The third-order valence-electron chi connectivity index (χ3n) is 5.19. The zero-order valence-electron chi connectivity index (χ0n) is 18.2. The highest BCUT2D eigenvalue weighted by Gasteiger charge is 2.32. The molecule has 0 aliphatic rings. The van der Waals surface area contributed by atoms with Crippen LogP contribution < -0.4 is 0 Å². The summed E-state index contributed by atoms with van der Waals surface area (Å²) < 4.78 is 4.44. The van der Waals surface area contributed by atoms with Crippen LogP contribution in [0.1, 0.15) is 65.4 Å². The number of allylic oxidation sites excluding steroid dienone is 3. The van der Waals surface area contributed by atoms with Gasteiger partial charge >= 0.3 is 5.97 Å². The molecule has 1 rings (SSSR count). The molecule has 0 unspecified atom stereocenters. The van der Waals surface area contributed by atoms with E-state index in [1.807, 2.05) is 6.92 Å². The van der Waals surface area contributed by atoms with Crippen molar-refractivity contribution < 1.29 is 14.6 Å². The fourth-order valence-corrected chi connectivity index (χ4v) is 4.11. The van der Waals surface area contributed by atoms with Crippen LogP contribution >= 0.6 is 11.8 Å². The Labute approximate surface area is 175 Å². The molecule has 1 aromatic carbocycles. The van der Waals surface area contributed by atoms with Crippen LogP contribution in [0.4, 0.5) is 0 Å². The molecule has 0 bridgehead atoms. The molecule has 1 aromatic rings. The average Bonchev–Trinajstić information content (AvgIpc) is 2.67. The molecule has 0 aliphatic heterocycles. The number of carbonyl (C=O) groups is 1. The summed E-state index contributed by atoms with van der Waals surface area (Å²) in [6.07, 6.45) is 7.66. The van der Waals surface area contributed by atoms with Crippen LogP contribution in [0.25, 0.3) is 0 Å². The first-order valence-electron chi connectivity index (χ1n) is 10.0. The van der Waals surface area contributed by atoms with E-state index < -0.39 is 0 Å². The van der Waals surface area contributed by atoms with Crippen LogP contribution in [-0.4, -0.2) is 29.0 Å². The normalized spacial score (nSPS) is 15.8. The number of ether oxygens (including phenoxy) is 1. The van der Waals surface area contributed by atoms with Gasteiger partial charge in [0.05, 0.1) is 13.2 Å². The van der Waals surface area contributed by atoms with Gasteiger partial charge in [0, 0.05) is 15.7 Å². The molecule has 0 saturated heterocycles. The van der Waals surface area contributed by atoms with Crippen molar-refractivity contribution >= 4 is 17.7 Å². The lowest BCUT2D eigenvalue weighted by molar-refractivity contribution is -0.134. The summed E-state index contributed by atoms with van der Waals surface area (Å²) in [5.41, 5.74) is 3.55. The summed E-state index contributed by atoms with van der Waals surface area (Å²) in [7, 11) is 1.39. The number of esters is 1. The summed E-state index contributed by atoms with van der Waals surface area (Å²) in [6, 6.07) is 8.51. The maximum Gasteiger partial charge on any atom is 0.330 e. The number of hydrogen-bond acceptors (Lipinski definition) is 4. The highest BCUT2D eigenvalue weighted by atomic mass is 32.2. The Morgan fingerprint density at radius 3 is 2.43 bits per heavy atom. The molecule has 2 atom stereocenters. The van der Waals surface area contributed by atoms with Gasteiger partial charge in [-0.3, -0.25) is 0 Å². The zero-order chi connectivity index (χ0) is 21.2. The van der Waals surface area contributed by atoms with Gasteiger partial charge in [0.2, 0.25) is 0 Å². The molecule has 3 nitrogen and oxygen atoms in total. The predicted molar refractivity (Wildman–Crippen MR) is 120 cm³/mol. The summed E-state index contributed by atoms with van der Waals surface area (Å²) in [4.78, 5) is 12.4. The molecule has 0 heterocycles. The lowest BCUT2D eigenvalue weighted by atomic mass is 9.94. The van der Waals surface area contributed by atoms with E-state index in [0.29, 0.717) is 0 Å². The third kappa shape index (κ3) is 8.66. The van der Waals surface area contributed by atoms with Crippen molar-refractivity contribution in [3.63, 3.8) is 0 Å². The molecule has 0 aromatic heterocycles. The van der Waals surface area contributed by atoms with E-state index in [9.17, 15) is 9.90 Å². The van der Waals surface area contributed by atoms with Crippen LogP contribution in [0, 0.1) is 6.92 Å². The Kier molecular flexibility index (Phi) is 10.6. The highest BCUT2D eigenvalue weighted by molar-refractivity contribution is 8.00. The maximum atomic E-state index is 11.2. The molecule has 0 saturated carbocycles. The molecular formula is C24H36O3S. The van der Waals surface area contributed by atoms with Crippen LogP contribution in [-0.2, 0) is 9.53 Å². The second-order valence-corrected chi connectivity index (χ2v) is 9.35. The van der Waals surface area contributed by atoms with Crippen LogP contribution in [0.3, 0.4) is 0 Å². The smallest absolute Gasteiger partial charge is 0.330 e. The second kappa shape index (κ2) is 12.1. The van der Waals surface area contributed by atoms with Crippen LogP contribution in [0.2, 0.25) is 0 Å². The van der Waals surface area contributed by atoms with E-state index in [1.165, 1.54) is 23.1 Å². The molecule has 0 radical (unpaired) electrons. The van der Waals surface area contributed by atoms with Gasteiger partial charge in [-0.25, -0.2) is 4.79 Å². The lowest BCUT2D eigenvalue weighted by Crippen LogP contribution is -2.35. The van der Waals surface area contributed by atoms with Crippen LogP contribution in [0.15, 0.2) is 52.5 Å². The highest BCUT2D eigenvalue weighted by Crippen LogP contribution is 2.39. The minimum absolute atomic E-state index is 0.199.